The van der Waals surface area contributed by atoms with Crippen LogP contribution in [-0.4, -0.2) is 20.7 Å². The molecule has 146 valence electrons. The highest BCUT2D eigenvalue weighted by molar-refractivity contribution is 14.0. The average molecular weight is 488 g/mol. The Morgan fingerprint density at radius 2 is 1.96 bits per heavy atom. The van der Waals surface area contributed by atoms with Gasteiger partial charge in [0.25, 0.3) is 0 Å². The van der Waals surface area contributed by atoms with Gasteiger partial charge in [0, 0.05) is 17.6 Å². The number of fused-ring (bicyclic) bond motifs is 1. The normalized spacial score (nSPS) is 13.1. The zero-order chi connectivity index (χ0) is 18.8. The lowest BCUT2D eigenvalue weighted by Crippen LogP contribution is -2.22. The third-order valence-electron chi connectivity index (χ3n) is 4.84. The number of nitrogens with zero attached hydrogens (tertiary/aromatic N) is 4. The van der Waals surface area contributed by atoms with E-state index in [1.807, 2.05) is 42.9 Å². The van der Waals surface area contributed by atoms with Gasteiger partial charge < -0.3 is 11.1 Å². The molecule has 1 aromatic carbocycles. The third kappa shape index (κ3) is 4.52. The van der Waals surface area contributed by atoms with Gasteiger partial charge in [-0.2, -0.15) is 5.10 Å². The lowest BCUT2D eigenvalue weighted by Gasteiger charge is -2.08. The first-order valence-electron chi connectivity index (χ1n) is 9.26. The van der Waals surface area contributed by atoms with Crippen LogP contribution < -0.4 is 11.1 Å². The Morgan fingerprint density at radius 3 is 2.68 bits per heavy atom. The summed E-state index contributed by atoms with van der Waals surface area (Å²) in [5, 5.41) is 7.64. The summed E-state index contributed by atoms with van der Waals surface area (Å²) < 4.78 is 1.84. The van der Waals surface area contributed by atoms with Crippen LogP contribution in [0.15, 0.2) is 47.6 Å². The molecule has 0 saturated heterocycles. The highest BCUT2D eigenvalue weighted by Crippen LogP contribution is 2.24. The number of aromatic nitrogens is 3. The van der Waals surface area contributed by atoms with E-state index in [-0.39, 0.29) is 24.0 Å². The van der Waals surface area contributed by atoms with Gasteiger partial charge in [0.2, 0.25) is 0 Å². The van der Waals surface area contributed by atoms with Crippen molar-refractivity contribution in [3.05, 3.63) is 70.7 Å². The van der Waals surface area contributed by atoms with Crippen molar-refractivity contribution in [1.29, 1.82) is 0 Å². The molecule has 3 aromatic rings. The van der Waals surface area contributed by atoms with E-state index in [2.05, 4.69) is 38.6 Å². The number of halogens is 1. The molecule has 0 radical (unpaired) electrons. The fraction of sp³-hybridized carbons (Fsp3) is 0.286. The van der Waals surface area contributed by atoms with E-state index < -0.39 is 0 Å². The van der Waals surface area contributed by atoms with Crippen molar-refractivity contribution in [3.8, 4) is 5.82 Å². The lowest BCUT2D eigenvalue weighted by molar-refractivity contribution is 0.803. The van der Waals surface area contributed by atoms with E-state index in [9.17, 15) is 0 Å². The first-order chi connectivity index (χ1) is 13.1. The van der Waals surface area contributed by atoms with Crippen molar-refractivity contribution in [1.82, 2.24) is 14.8 Å². The van der Waals surface area contributed by atoms with Gasteiger partial charge in [0.1, 0.15) is 0 Å². The molecule has 0 aliphatic heterocycles. The van der Waals surface area contributed by atoms with Gasteiger partial charge in [-0.1, -0.05) is 12.1 Å². The summed E-state index contributed by atoms with van der Waals surface area (Å²) in [6.07, 6.45) is 5.38. The highest BCUT2D eigenvalue weighted by atomic mass is 127. The number of hydrogen-bond donors (Lipinski definition) is 2. The van der Waals surface area contributed by atoms with Gasteiger partial charge >= 0.3 is 0 Å². The van der Waals surface area contributed by atoms with Gasteiger partial charge in [0.15, 0.2) is 11.8 Å². The van der Waals surface area contributed by atoms with Crippen LogP contribution >= 0.6 is 24.0 Å². The molecule has 0 saturated carbocycles. The standard InChI is InChI=1S/C21H24N6.HI/c1-14-10-15(2)27(26-14)20-9-6-16(12-23-20)13-24-21(22)25-19-8-7-17-4-3-5-18(17)11-19;/h6-12H,3-5,13H2,1-2H3,(H3,22,24,25);1H. The fourth-order valence-electron chi connectivity index (χ4n) is 3.51. The van der Waals surface area contributed by atoms with Crippen molar-refractivity contribution in [2.45, 2.75) is 39.7 Å². The topological polar surface area (TPSA) is 81.1 Å². The highest BCUT2D eigenvalue weighted by Gasteiger charge is 2.11. The Labute approximate surface area is 182 Å². The van der Waals surface area contributed by atoms with Crippen LogP contribution in [-0.2, 0) is 19.4 Å². The SMILES string of the molecule is Cc1cc(C)n(-c2ccc(CN=C(N)Nc3ccc4c(c3)CCC4)cn2)n1.I. The predicted octanol–water partition coefficient (Wildman–Crippen LogP) is 3.92. The first-order valence-corrected chi connectivity index (χ1v) is 9.26. The predicted molar refractivity (Wildman–Crippen MR) is 124 cm³/mol. The second-order valence-electron chi connectivity index (χ2n) is 7.03. The van der Waals surface area contributed by atoms with Crippen LogP contribution in [0.2, 0.25) is 0 Å². The van der Waals surface area contributed by atoms with Crippen LogP contribution in [0.3, 0.4) is 0 Å². The monoisotopic (exact) mass is 488 g/mol. The second-order valence-corrected chi connectivity index (χ2v) is 7.03. The van der Waals surface area contributed by atoms with Gasteiger partial charge in [-0.05, 0) is 74.1 Å². The molecule has 0 fully saturated rings. The molecule has 2 aromatic heterocycles. The Bertz CT molecular complexity index is 991. The molecule has 4 rings (SSSR count). The molecule has 7 heteroatoms. The number of benzene rings is 1. The summed E-state index contributed by atoms with van der Waals surface area (Å²) in [6, 6.07) is 12.4. The van der Waals surface area contributed by atoms with Crippen molar-refractivity contribution in [3.63, 3.8) is 0 Å². The Kier molecular flexibility index (Phi) is 6.33. The van der Waals surface area contributed by atoms with Crippen LogP contribution in [0.5, 0.6) is 0 Å². The van der Waals surface area contributed by atoms with E-state index in [1.54, 1.807) is 0 Å². The van der Waals surface area contributed by atoms with E-state index in [0.29, 0.717) is 12.5 Å². The van der Waals surface area contributed by atoms with Crippen molar-refractivity contribution in [2.24, 2.45) is 10.7 Å². The molecular formula is C21H25IN6. The number of pyridine rings is 1. The molecule has 2 heterocycles. The minimum Gasteiger partial charge on any atom is -0.370 e. The van der Waals surface area contributed by atoms with E-state index in [0.717, 1.165) is 34.9 Å². The maximum atomic E-state index is 6.05. The van der Waals surface area contributed by atoms with Gasteiger partial charge in [-0.25, -0.2) is 14.7 Å². The summed E-state index contributed by atoms with van der Waals surface area (Å²) in [5.74, 6) is 1.22. The molecule has 0 unspecified atom stereocenters. The quantitative estimate of drug-likeness (QED) is 0.332. The largest absolute Gasteiger partial charge is 0.370 e. The number of hydrogen-bond acceptors (Lipinski definition) is 3. The molecule has 0 amide bonds. The first kappa shape index (κ1) is 20.3. The molecule has 6 nitrogen and oxygen atoms in total. The van der Waals surface area contributed by atoms with Crippen LogP contribution in [0, 0.1) is 13.8 Å². The van der Waals surface area contributed by atoms with Gasteiger partial charge in [-0.3, -0.25) is 0 Å². The van der Waals surface area contributed by atoms with Crippen molar-refractivity contribution < 1.29 is 0 Å². The number of anilines is 1. The molecule has 3 N–H and O–H groups in total. The zero-order valence-corrected chi connectivity index (χ0v) is 18.5. The number of guanidine groups is 1. The van der Waals surface area contributed by atoms with E-state index in [1.165, 1.54) is 24.0 Å². The molecule has 0 bridgehead atoms. The van der Waals surface area contributed by atoms with Gasteiger partial charge in [0.05, 0.1) is 12.2 Å². The number of aliphatic imine (C=N–C) groups is 1. The zero-order valence-electron chi connectivity index (χ0n) is 16.1. The molecule has 28 heavy (non-hydrogen) atoms. The van der Waals surface area contributed by atoms with E-state index >= 15 is 0 Å². The van der Waals surface area contributed by atoms with Crippen LogP contribution in [0.25, 0.3) is 5.82 Å². The summed E-state index contributed by atoms with van der Waals surface area (Å²) in [4.78, 5) is 8.92. The van der Waals surface area contributed by atoms with Crippen LogP contribution in [0.1, 0.15) is 34.5 Å². The molecular weight excluding hydrogens is 463 g/mol. The van der Waals surface area contributed by atoms with Crippen molar-refractivity contribution in [2.75, 3.05) is 5.32 Å². The molecule has 0 atom stereocenters. The number of aryl methyl sites for hydroxylation is 4. The second kappa shape index (κ2) is 8.72. The van der Waals surface area contributed by atoms with E-state index in [4.69, 9.17) is 5.73 Å². The Hall–Kier alpha value is -2.42. The number of rotatable bonds is 4. The summed E-state index contributed by atoms with van der Waals surface area (Å²) in [5.41, 5.74) is 12.9. The minimum absolute atomic E-state index is 0. The lowest BCUT2D eigenvalue weighted by atomic mass is 10.1. The van der Waals surface area contributed by atoms with Crippen molar-refractivity contribution >= 4 is 35.6 Å². The summed E-state index contributed by atoms with van der Waals surface area (Å²) in [6.45, 7) is 4.47. The fourth-order valence-corrected chi connectivity index (χ4v) is 3.51. The summed E-state index contributed by atoms with van der Waals surface area (Å²) in [7, 11) is 0. The molecule has 0 spiro atoms. The number of nitrogens with one attached hydrogen (secondary N) is 1. The molecule has 1 aliphatic rings. The molecule has 1 aliphatic carbocycles. The number of nitrogens with two attached hydrogens (primary N) is 1. The maximum absolute atomic E-state index is 6.05. The minimum atomic E-state index is 0. The summed E-state index contributed by atoms with van der Waals surface area (Å²) >= 11 is 0. The Balaban J connectivity index is 0.00000225. The Morgan fingerprint density at radius 1 is 1.14 bits per heavy atom. The van der Waals surface area contributed by atoms with Crippen LogP contribution in [0.4, 0.5) is 5.69 Å². The maximum Gasteiger partial charge on any atom is 0.193 e. The smallest absolute Gasteiger partial charge is 0.193 e. The third-order valence-corrected chi connectivity index (χ3v) is 4.84. The van der Waals surface area contributed by atoms with Gasteiger partial charge in [-0.15, -0.1) is 24.0 Å². The average Bonchev–Trinajstić information content (AvgIpc) is 3.25.